The van der Waals surface area contributed by atoms with Crippen LogP contribution in [0.15, 0.2) is 0 Å². The number of hydrogen-bond donors (Lipinski definition) is 4. The van der Waals surface area contributed by atoms with Crippen molar-refractivity contribution in [1.82, 2.24) is 5.32 Å². The van der Waals surface area contributed by atoms with Gasteiger partial charge in [0.1, 0.15) is 0 Å². The van der Waals surface area contributed by atoms with Gasteiger partial charge in [-0.25, -0.2) is 0 Å². The molecule has 14 heavy (non-hydrogen) atoms. The third-order valence-electron chi connectivity index (χ3n) is 2.21. The molecule has 4 nitrogen and oxygen atoms in total. The zero-order chi connectivity index (χ0) is 11.0. The van der Waals surface area contributed by atoms with Gasteiger partial charge in [-0.05, 0) is 18.3 Å². The fraction of sp³-hybridized carbons (Fsp3) is 1.00. The molecule has 0 saturated heterocycles. The highest BCUT2D eigenvalue weighted by molar-refractivity contribution is 4.72. The Morgan fingerprint density at radius 3 is 2.43 bits per heavy atom. The second-order valence-corrected chi connectivity index (χ2v) is 4.46. The number of aliphatic hydroxyl groups excluding tert-OH is 3. The monoisotopic (exact) mass is 205 g/mol. The summed E-state index contributed by atoms with van der Waals surface area (Å²) in [6.45, 7) is 5.44. The molecular weight excluding hydrogens is 182 g/mol. The van der Waals surface area contributed by atoms with Crippen LogP contribution in [-0.2, 0) is 0 Å². The largest absolute Gasteiger partial charge is 0.396 e. The van der Waals surface area contributed by atoms with Gasteiger partial charge in [-0.3, -0.25) is 0 Å². The molecule has 0 aromatic heterocycles. The van der Waals surface area contributed by atoms with Crippen molar-refractivity contribution in [2.24, 2.45) is 5.41 Å². The first-order valence-electron chi connectivity index (χ1n) is 5.12. The molecule has 0 rings (SSSR count). The first-order chi connectivity index (χ1) is 6.52. The molecule has 0 aliphatic carbocycles. The van der Waals surface area contributed by atoms with Gasteiger partial charge in [0.25, 0.3) is 0 Å². The molecule has 0 heterocycles. The molecule has 0 aliphatic heterocycles. The van der Waals surface area contributed by atoms with Crippen molar-refractivity contribution in [3.8, 4) is 0 Å². The quantitative estimate of drug-likeness (QED) is 0.440. The lowest BCUT2D eigenvalue weighted by molar-refractivity contribution is 0.0914. The molecule has 0 saturated carbocycles. The number of nitrogens with one attached hydrogen (secondary N) is 1. The minimum atomic E-state index is -0.677. The maximum Gasteiger partial charge on any atom is 0.0894 e. The van der Waals surface area contributed by atoms with E-state index < -0.39 is 6.10 Å². The smallest absolute Gasteiger partial charge is 0.0894 e. The molecule has 4 heteroatoms. The Morgan fingerprint density at radius 1 is 1.29 bits per heavy atom. The molecule has 0 fully saturated rings. The van der Waals surface area contributed by atoms with E-state index in [1.165, 1.54) is 0 Å². The Hall–Kier alpha value is -0.160. The summed E-state index contributed by atoms with van der Waals surface area (Å²) in [7, 11) is 0. The van der Waals surface area contributed by atoms with E-state index in [2.05, 4.69) is 19.2 Å². The summed E-state index contributed by atoms with van der Waals surface area (Å²) in [5.41, 5.74) is 0.123. The van der Waals surface area contributed by atoms with E-state index in [1.807, 2.05) is 0 Å². The van der Waals surface area contributed by atoms with Crippen LogP contribution in [0, 0.1) is 5.41 Å². The van der Waals surface area contributed by atoms with Crippen molar-refractivity contribution < 1.29 is 15.3 Å². The molecule has 0 amide bonds. The second kappa shape index (κ2) is 7.17. The zero-order valence-electron chi connectivity index (χ0n) is 9.16. The maximum atomic E-state index is 9.08. The van der Waals surface area contributed by atoms with Crippen LogP contribution in [0.5, 0.6) is 0 Å². The second-order valence-electron chi connectivity index (χ2n) is 4.46. The van der Waals surface area contributed by atoms with Crippen molar-refractivity contribution in [3.63, 3.8) is 0 Å². The Labute approximate surface area is 86.0 Å². The summed E-state index contributed by atoms with van der Waals surface area (Å²) in [6.07, 6.45) is 1.08. The number of hydrogen-bond acceptors (Lipinski definition) is 4. The topological polar surface area (TPSA) is 72.7 Å². The summed E-state index contributed by atoms with van der Waals surface area (Å²) in [5.74, 6) is 0. The molecule has 0 radical (unpaired) electrons. The molecule has 1 unspecified atom stereocenters. The summed E-state index contributed by atoms with van der Waals surface area (Å²) in [4.78, 5) is 0. The zero-order valence-corrected chi connectivity index (χ0v) is 9.16. The summed E-state index contributed by atoms with van der Waals surface area (Å²) in [6, 6.07) is 0. The molecule has 4 N–H and O–H groups in total. The van der Waals surface area contributed by atoms with Crippen LogP contribution in [0.2, 0.25) is 0 Å². The van der Waals surface area contributed by atoms with E-state index in [9.17, 15) is 0 Å². The van der Waals surface area contributed by atoms with E-state index in [0.29, 0.717) is 6.54 Å². The first-order valence-corrected chi connectivity index (χ1v) is 5.12. The fourth-order valence-electron chi connectivity index (χ4n) is 1.29. The van der Waals surface area contributed by atoms with Crippen molar-refractivity contribution >= 4 is 0 Å². The highest BCUT2D eigenvalue weighted by Gasteiger charge is 2.16. The van der Waals surface area contributed by atoms with Gasteiger partial charge in [0.05, 0.1) is 12.7 Å². The Balaban J connectivity index is 3.54. The van der Waals surface area contributed by atoms with Crippen LogP contribution in [-0.4, -0.2) is 47.7 Å². The minimum absolute atomic E-state index is 0.123. The van der Waals surface area contributed by atoms with Gasteiger partial charge in [-0.2, -0.15) is 0 Å². The first kappa shape index (κ1) is 13.8. The van der Waals surface area contributed by atoms with E-state index in [4.69, 9.17) is 15.3 Å². The Kier molecular flexibility index (Phi) is 7.09. The summed E-state index contributed by atoms with van der Waals surface area (Å²) in [5, 5.41) is 29.4. The van der Waals surface area contributed by atoms with Gasteiger partial charge < -0.3 is 20.6 Å². The van der Waals surface area contributed by atoms with Crippen LogP contribution in [0.4, 0.5) is 0 Å². The van der Waals surface area contributed by atoms with Gasteiger partial charge in [-0.1, -0.05) is 13.8 Å². The average Bonchev–Trinajstić information content (AvgIpc) is 2.14. The third-order valence-corrected chi connectivity index (χ3v) is 2.21. The number of rotatable bonds is 8. The predicted octanol–water partition coefficient (Wildman–Crippen LogP) is -0.272. The molecule has 1 atom stereocenters. The highest BCUT2D eigenvalue weighted by Crippen LogP contribution is 2.20. The third kappa shape index (κ3) is 7.26. The maximum absolute atomic E-state index is 9.08. The van der Waals surface area contributed by atoms with Crippen LogP contribution in [0.1, 0.15) is 26.7 Å². The predicted molar refractivity (Wildman–Crippen MR) is 56.1 cm³/mol. The van der Waals surface area contributed by atoms with Crippen molar-refractivity contribution in [2.75, 3.05) is 26.3 Å². The van der Waals surface area contributed by atoms with Crippen molar-refractivity contribution in [2.45, 2.75) is 32.8 Å². The minimum Gasteiger partial charge on any atom is -0.396 e. The molecular formula is C10H23NO3. The molecule has 86 valence electrons. The SMILES string of the molecule is CC(C)(CCCO)CNCC(O)CO. The van der Waals surface area contributed by atoms with Gasteiger partial charge in [0.2, 0.25) is 0 Å². The van der Waals surface area contributed by atoms with E-state index in [-0.39, 0.29) is 18.6 Å². The molecule has 0 aromatic rings. The van der Waals surface area contributed by atoms with Crippen molar-refractivity contribution in [3.05, 3.63) is 0 Å². The van der Waals surface area contributed by atoms with Crippen molar-refractivity contribution in [1.29, 1.82) is 0 Å². The van der Waals surface area contributed by atoms with Crippen LogP contribution >= 0.6 is 0 Å². The highest BCUT2D eigenvalue weighted by atomic mass is 16.3. The molecule has 0 spiro atoms. The van der Waals surface area contributed by atoms with Gasteiger partial charge in [-0.15, -0.1) is 0 Å². The average molecular weight is 205 g/mol. The van der Waals surface area contributed by atoms with E-state index in [1.54, 1.807) is 0 Å². The molecule has 0 bridgehead atoms. The van der Waals surface area contributed by atoms with E-state index >= 15 is 0 Å². The fourth-order valence-corrected chi connectivity index (χ4v) is 1.29. The summed E-state index contributed by atoms with van der Waals surface area (Å²) >= 11 is 0. The lowest BCUT2D eigenvalue weighted by Crippen LogP contribution is -2.36. The Morgan fingerprint density at radius 2 is 1.93 bits per heavy atom. The molecule has 0 aliphatic rings. The van der Waals surface area contributed by atoms with Crippen LogP contribution in [0.25, 0.3) is 0 Å². The lowest BCUT2D eigenvalue weighted by atomic mass is 9.88. The van der Waals surface area contributed by atoms with Gasteiger partial charge in [0, 0.05) is 19.7 Å². The molecule has 0 aromatic carbocycles. The number of aliphatic hydroxyl groups is 3. The van der Waals surface area contributed by atoms with Gasteiger partial charge >= 0.3 is 0 Å². The normalized spacial score (nSPS) is 14.4. The Bertz CT molecular complexity index is 139. The van der Waals surface area contributed by atoms with Gasteiger partial charge in [0.15, 0.2) is 0 Å². The summed E-state index contributed by atoms with van der Waals surface area (Å²) < 4.78 is 0. The lowest BCUT2D eigenvalue weighted by Gasteiger charge is -2.25. The van der Waals surface area contributed by atoms with Crippen LogP contribution in [0.3, 0.4) is 0 Å². The standard InChI is InChI=1S/C10H23NO3/c1-10(2,4-3-5-12)8-11-6-9(14)7-13/h9,11-14H,3-8H2,1-2H3. The van der Waals surface area contributed by atoms with E-state index in [0.717, 1.165) is 19.4 Å². The van der Waals surface area contributed by atoms with Crippen LogP contribution < -0.4 is 5.32 Å².